The highest BCUT2D eigenvalue weighted by Gasteiger charge is 2.19. The van der Waals surface area contributed by atoms with Crippen molar-refractivity contribution in [2.24, 2.45) is 0 Å². The monoisotopic (exact) mass is 420 g/mol. The maximum Gasteiger partial charge on any atom is 0.255 e. The molecule has 1 heterocycles. The van der Waals surface area contributed by atoms with Crippen LogP contribution in [0.15, 0.2) is 82.1 Å². The number of hydrogen-bond donors (Lipinski definition) is 1. The van der Waals surface area contributed by atoms with Crippen molar-refractivity contribution in [3.63, 3.8) is 0 Å². The number of anilines is 1. The highest BCUT2D eigenvalue weighted by Crippen LogP contribution is 2.26. The molecule has 0 saturated carbocycles. The van der Waals surface area contributed by atoms with E-state index in [1.54, 1.807) is 32.0 Å². The van der Waals surface area contributed by atoms with Gasteiger partial charge in [0, 0.05) is 16.8 Å². The van der Waals surface area contributed by atoms with Gasteiger partial charge in [-0.1, -0.05) is 18.2 Å². The summed E-state index contributed by atoms with van der Waals surface area (Å²) in [6, 6.07) is 20.6. The fourth-order valence-corrected chi connectivity index (χ4v) is 4.06. The van der Waals surface area contributed by atoms with Crippen molar-refractivity contribution >= 4 is 32.5 Å². The molecule has 1 N–H and O–H groups in total. The van der Waals surface area contributed by atoms with Gasteiger partial charge in [0.15, 0.2) is 15.4 Å². The van der Waals surface area contributed by atoms with Gasteiger partial charge in [0.05, 0.1) is 10.1 Å². The average Bonchev–Trinajstić information content (AvgIpc) is 3.18. The lowest BCUT2D eigenvalue weighted by atomic mass is 10.1. The Labute approximate surface area is 174 Å². The molecule has 0 bridgehead atoms. The molecule has 0 aliphatic rings. The molecule has 4 rings (SSSR count). The van der Waals surface area contributed by atoms with E-state index in [2.05, 4.69) is 10.3 Å². The molecule has 7 heteroatoms. The van der Waals surface area contributed by atoms with Gasteiger partial charge in [0.1, 0.15) is 5.52 Å². The van der Waals surface area contributed by atoms with Gasteiger partial charge >= 0.3 is 0 Å². The van der Waals surface area contributed by atoms with Crippen LogP contribution in [0, 0.1) is 0 Å². The van der Waals surface area contributed by atoms with Crippen molar-refractivity contribution in [3.8, 4) is 11.5 Å². The quantitative estimate of drug-likeness (QED) is 0.494. The Morgan fingerprint density at radius 2 is 1.70 bits per heavy atom. The summed E-state index contributed by atoms with van der Waals surface area (Å²) in [5, 5.41) is 2.30. The molecule has 0 aliphatic heterocycles. The summed E-state index contributed by atoms with van der Waals surface area (Å²) in [5.74, 6) is 0.133. The van der Waals surface area contributed by atoms with Crippen LogP contribution < -0.4 is 5.32 Å². The van der Waals surface area contributed by atoms with Gasteiger partial charge in [-0.15, -0.1) is 0 Å². The van der Waals surface area contributed by atoms with Crippen molar-refractivity contribution in [1.82, 2.24) is 4.98 Å². The number of nitrogens with zero attached hydrogens (tertiary/aromatic N) is 1. The molecule has 0 aliphatic carbocycles. The van der Waals surface area contributed by atoms with Gasteiger partial charge in [-0.2, -0.15) is 0 Å². The summed E-state index contributed by atoms with van der Waals surface area (Å²) in [6.07, 6.45) is 0. The maximum absolute atomic E-state index is 12.6. The van der Waals surface area contributed by atoms with Gasteiger partial charge in [0.2, 0.25) is 5.89 Å². The first-order valence-corrected chi connectivity index (χ1v) is 11.0. The Kier molecular flexibility index (Phi) is 5.13. The zero-order chi connectivity index (χ0) is 21.3. The number of hydrogen-bond acceptors (Lipinski definition) is 5. The lowest BCUT2D eigenvalue weighted by molar-refractivity contribution is 0.102. The lowest BCUT2D eigenvalue weighted by Gasteiger charge is -2.09. The fourth-order valence-electron chi connectivity index (χ4n) is 3.00. The van der Waals surface area contributed by atoms with Crippen LogP contribution in [0.4, 0.5) is 5.69 Å². The third-order valence-corrected chi connectivity index (χ3v) is 6.90. The predicted octanol–water partition coefficient (Wildman–Crippen LogP) is 4.93. The maximum atomic E-state index is 12.6. The summed E-state index contributed by atoms with van der Waals surface area (Å²) < 4.78 is 30.2. The van der Waals surface area contributed by atoms with Gasteiger partial charge in [-0.3, -0.25) is 4.79 Å². The molecule has 0 fully saturated rings. The average molecular weight is 420 g/mol. The summed E-state index contributed by atoms with van der Waals surface area (Å²) in [4.78, 5) is 17.3. The highest BCUT2D eigenvalue weighted by molar-refractivity contribution is 7.92. The molecule has 0 unspecified atom stereocenters. The number of para-hydroxylation sites is 2. The van der Waals surface area contributed by atoms with Gasteiger partial charge in [-0.05, 0) is 68.4 Å². The summed E-state index contributed by atoms with van der Waals surface area (Å²) in [7, 11) is -3.37. The number of sulfone groups is 1. The summed E-state index contributed by atoms with van der Waals surface area (Å²) in [5.41, 5.74) is 3.14. The highest BCUT2D eigenvalue weighted by atomic mass is 32.2. The molecule has 3 aromatic carbocycles. The van der Waals surface area contributed by atoms with E-state index in [0.29, 0.717) is 22.7 Å². The molecule has 0 saturated heterocycles. The first kappa shape index (κ1) is 19.8. The second-order valence-electron chi connectivity index (χ2n) is 7.14. The second kappa shape index (κ2) is 7.76. The lowest BCUT2D eigenvalue weighted by Crippen LogP contribution is -2.15. The molecule has 152 valence electrons. The standard InChI is InChI=1S/C23H20N2O4S/c1-15(2)30(27,28)19-12-10-16(11-13-19)22(26)24-18-7-5-6-17(14-18)23-25-20-8-3-4-9-21(20)29-23/h3-15H,1-2H3,(H,24,26). The molecule has 0 radical (unpaired) electrons. The fraction of sp³-hybridized carbons (Fsp3) is 0.130. The molecule has 0 atom stereocenters. The van der Waals surface area contributed by atoms with Crippen LogP contribution in [0.1, 0.15) is 24.2 Å². The summed E-state index contributed by atoms with van der Waals surface area (Å²) >= 11 is 0. The number of fused-ring (bicyclic) bond motifs is 1. The third-order valence-electron chi connectivity index (χ3n) is 4.73. The van der Waals surface area contributed by atoms with Crippen molar-refractivity contribution in [3.05, 3.63) is 78.4 Å². The number of aromatic nitrogens is 1. The smallest absolute Gasteiger partial charge is 0.255 e. The van der Waals surface area contributed by atoms with E-state index in [0.717, 1.165) is 11.1 Å². The van der Waals surface area contributed by atoms with Crippen molar-refractivity contribution in [2.45, 2.75) is 24.0 Å². The van der Waals surface area contributed by atoms with Crippen molar-refractivity contribution in [2.75, 3.05) is 5.32 Å². The van der Waals surface area contributed by atoms with Crippen molar-refractivity contribution in [1.29, 1.82) is 0 Å². The SMILES string of the molecule is CC(C)S(=O)(=O)c1ccc(C(=O)Nc2cccc(-c3nc4ccccc4o3)c2)cc1. The zero-order valence-electron chi connectivity index (χ0n) is 16.5. The van der Waals surface area contributed by atoms with Crippen molar-refractivity contribution < 1.29 is 17.6 Å². The van der Waals surface area contributed by atoms with Gasteiger partial charge in [0.25, 0.3) is 5.91 Å². The van der Waals surface area contributed by atoms with E-state index >= 15 is 0 Å². The van der Waals surface area contributed by atoms with E-state index in [1.807, 2.05) is 30.3 Å². The first-order chi connectivity index (χ1) is 14.3. The van der Waals surface area contributed by atoms with Gasteiger partial charge < -0.3 is 9.73 Å². The van der Waals surface area contributed by atoms with Crippen LogP contribution in [-0.4, -0.2) is 24.6 Å². The van der Waals surface area contributed by atoms with Crippen LogP contribution in [0.3, 0.4) is 0 Å². The molecular formula is C23H20N2O4S. The number of rotatable bonds is 5. The molecule has 6 nitrogen and oxygen atoms in total. The minimum absolute atomic E-state index is 0.201. The normalized spacial score (nSPS) is 11.7. The van der Waals surface area contributed by atoms with Gasteiger partial charge in [-0.25, -0.2) is 13.4 Å². The van der Waals surface area contributed by atoms with E-state index in [9.17, 15) is 13.2 Å². The molecule has 1 amide bonds. The van der Waals surface area contributed by atoms with Crippen LogP contribution in [0.2, 0.25) is 0 Å². The van der Waals surface area contributed by atoms with Crippen LogP contribution in [-0.2, 0) is 9.84 Å². The Morgan fingerprint density at radius 3 is 2.40 bits per heavy atom. The Bertz CT molecular complexity index is 1290. The first-order valence-electron chi connectivity index (χ1n) is 9.46. The summed E-state index contributed by atoms with van der Waals surface area (Å²) in [6.45, 7) is 3.25. The topological polar surface area (TPSA) is 89.3 Å². The number of amides is 1. The number of nitrogens with one attached hydrogen (secondary N) is 1. The van der Waals surface area contributed by atoms with E-state index < -0.39 is 15.1 Å². The number of benzene rings is 3. The molecule has 1 aromatic heterocycles. The molecule has 4 aromatic rings. The predicted molar refractivity (Wildman–Crippen MR) is 116 cm³/mol. The Hall–Kier alpha value is -3.45. The van der Waals surface area contributed by atoms with E-state index in [1.165, 1.54) is 24.3 Å². The largest absolute Gasteiger partial charge is 0.436 e. The molecular weight excluding hydrogens is 400 g/mol. The third kappa shape index (κ3) is 3.84. The minimum Gasteiger partial charge on any atom is -0.436 e. The molecule has 0 spiro atoms. The number of carbonyl (C=O) groups excluding carboxylic acids is 1. The van der Waals surface area contributed by atoms with Crippen LogP contribution in [0.25, 0.3) is 22.6 Å². The second-order valence-corrected chi connectivity index (χ2v) is 9.64. The minimum atomic E-state index is -3.37. The number of carbonyl (C=O) groups is 1. The Balaban J connectivity index is 1.54. The van der Waals surface area contributed by atoms with E-state index in [4.69, 9.17) is 4.42 Å². The number of oxazole rings is 1. The van der Waals surface area contributed by atoms with Crippen LogP contribution >= 0.6 is 0 Å². The molecule has 30 heavy (non-hydrogen) atoms. The zero-order valence-corrected chi connectivity index (χ0v) is 17.3. The van der Waals surface area contributed by atoms with Crippen LogP contribution in [0.5, 0.6) is 0 Å². The van der Waals surface area contributed by atoms with E-state index in [-0.39, 0.29) is 10.8 Å². The Morgan fingerprint density at radius 1 is 0.967 bits per heavy atom.